The summed E-state index contributed by atoms with van der Waals surface area (Å²) in [5.74, 6) is 0. The average molecular weight is 288 g/mol. The van der Waals surface area contributed by atoms with Gasteiger partial charge in [-0.15, -0.1) is 0 Å². The Hall–Kier alpha value is -1.76. The molecule has 0 aliphatic heterocycles. The molecule has 2 N–H and O–H groups in total. The molecule has 0 amide bonds. The van der Waals surface area contributed by atoms with E-state index in [-0.39, 0.29) is 6.04 Å². The van der Waals surface area contributed by atoms with Crippen molar-refractivity contribution < 1.29 is 0 Å². The van der Waals surface area contributed by atoms with Crippen LogP contribution in [0.5, 0.6) is 0 Å². The first-order chi connectivity index (χ1) is 9.63. The van der Waals surface area contributed by atoms with Gasteiger partial charge < -0.3 is 10.3 Å². The van der Waals surface area contributed by atoms with Crippen LogP contribution in [0.3, 0.4) is 0 Å². The molecular weight excluding hydrogens is 270 g/mol. The third kappa shape index (κ3) is 3.41. The first-order valence-electron chi connectivity index (χ1n) is 6.73. The Morgan fingerprint density at radius 1 is 1.40 bits per heavy atom. The number of hydrogen-bond donors (Lipinski definition) is 1. The Kier molecular flexibility index (Phi) is 4.84. The first kappa shape index (κ1) is 14.6. The first-order valence-corrected chi connectivity index (χ1v) is 7.11. The Labute approximate surface area is 124 Å². The van der Waals surface area contributed by atoms with Gasteiger partial charge in [-0.3, -0.25) is 0 Å². The minimum Gasteiger partial charge on any atom is -0.350 e. The van der Waals surface area contributed by atoms with Gasteiger partial charge in [0.1, 0.15) is 0 Å². The Balaban J connectivity index is 2.13. The van der Waals surface area contributed by atoms with Crippen LogP contribution in [-0.2, 0) is 6.54 Å². The lowest BCUT2D eigenvalue weighted by Crippen LogP contribution is -2.08. The molecule has 1 atom stereocenters. The summed E-state index contributed by atoms with van der Waals surface area (Å²) in [5.41, 5.74) is 8.83. The quantitative estimate of drug-likeness (QED) is 0.908. The Morgan fingerprint density at radius 2 is 2.20 bits per heavy atom. The lowest BCUT2D eigenvalue weighted by atomic mass is 10.1. The topological polar surface area (TPSA) is 54.7 Å². The maximum absolute atomic E-state index is 8.83. The maximum Gasteiger partial charge on any atom is 0.0992 e. The van der Waals surface area contributed by atoms with Gasteiger partial charge in [-0.1, -0.05) is 31.0 Å². The van der Waals surface area contributed by atoms with E-state index in [1.165, 1.54) is 0 Å². The molecule has 0 aliphatic rings. The zero-order chi connectivity index (χ0) is 14.5. The third-order valence-electron chi connectivity index (χ3n) is 3.34. The molecule has 1 aromatic heterocycles. The number of aromatic nitrogens is 1. The molecule has 0 saturated carbocycles. The smallest absolute Gasteiger partial charge is 0.0992 e. The maximum atomic E-state index is 8.83. The molecule has 0 spiro atoms. The van der Waals surface area contributed by atoms with Gasteiger partial charge in [-0.05, 0) is 35.7 Å². The summed E-state index contributed by atoms with van der Waals surface area (Å²) in [4.78, 5) is 0. The molecule has 1 aromatic carbocycles. The molecule has 0 aliphatic carbocycles. The third-order valence-corrected chi connectivity index (χ3v) is 3.69. The average Bonchev–Trinajstić information content (AvgIpc) is 2.90. The number of hydrogen-bond acceptors (Lipinski definition) is 2. The van der Waals surface area contributed by atoms with E-state index in [0.29, 0.717) is 17.1 Å². The monoisotopic (exact) mass is 287 g/mol. The molecule has 104 valence electrons. The van der Waals surface area contributed by atoms with Crippen molar-refractivity contribution in [1.29, 1.82) is 5.26 Å². The molecule has 0 fully saturated rings. The van der Waals surface area contributed by atoms with E-state index < -0.39 is 0 Å². The van der Waals surface area contributed by atoms with Crippen LogP contribution in [0, 0.1) is 11.3 Å². The molecule has 2 aromatic rings. The minimum atomic E-state index is 0.0951. The highest BCUT2D eigenvalue weighted by molar-refractivity contribution is 6.31. The van der Waals surface area contributed by atoms with Crippen molar-refractivity contribution in [3.8, 4) is 6.07 Å². The summed E-state index contributed by atoms with van der Waals surface area (Å²) < 4.78 is 2.07. The summed E-state index contributed by atoms with van der Waals surface area (Å²) in [7, 11) is 0. The predicted octanol–water partition coefficient (Wildman–Crippen LogP) is 3.86. The van der Waals surface area contributed by atoms with Gasteiger partial charge in [-0.25, -0.2) is 0 Å². The standard InChI is InChI=1S/C16H18ClN3/c1-2-3-16(19)14-6-7-20(11-14)10-13-5-4-12(9-18)8-15(13)17/h4-8,11,16H,2-3,10,19H2,1H3. The molecular formula is C16H18ClN3. The van der Waals surface area contributed by atoms with Crippen LogP contribution in [0.2, 0.25) is 5.02 Å². The highest BCUT2D eigenvalue weighted by Crippen LogP contribution is 2.21. The fourth-order valence-corrected chi connectivity index (χ4v) is 2.44. The molecule has 3 nitrogen and oxygen atoms in total. The van der Waals surface area contributed by atoms with Crippen LogP contribution in [-0.4, -0.2) is 4.57 Å². The molecule has 0 radical (unpaired) electrons. The summed E-state index contributed by atoms with van der Waals surface area (Å²) >= 11 is 6.19. The number of benzene rings is 1. The van der Waals surface area contributed by atoms with Crippen molar-refractivity contribution in [3.63, 3.8) is 0 Å². The van der Waals surface area contributed by atoms with E-state index in [1.54, 1.807) is 12.1 Å². The minimum absolute atomic E-state index is 0.0951. The lowest BCUT2D eigenvalue weighted by Gasteiger charge is -2.08. The zero-order valence-corrected chi connectivity index (χ0v) is 12.3. The van der Waals surface area contributed by atoms with Crippen molar-refractivity contribution in [1.82, 2.24) is 4.57 Å². The van der Waals surface area contributed by atoms with Crippen molar-refractivity contribution >= 4 is 11.6 Å². The molecule has 20 heavy (non-hydrogen) atoms. The Bertz CT molecular complexity index is 625. The largest absolute Gasteiger partial charge is 0.350 e. The van der Waals surface area contributed by atoms with Crippen molar-refractivity contribution in [2.24, 2.45) is 5.73 Å². The van der Waals surface area contributed by atoms with Gasteiger partial charge in [0.05, 0.1) is 11.6 Å². The molecule has 1 heterocycles. The van der Waals surface area contributed by atoms with Crippen LogP contribution < -0.4 is 5.73 Å². The molecule has 0 bridgehead atoms. The van der Waals surface area contributed by atoms with E-state index in [0.717, 1.165) is 24.0 Å². The Morgan fingerprint density at radius 3 is 2.85 bits per heavy atom. The molecule has 1 unspecified atom stereocenters. The van der Waals surface area contributed by atoms with E-state index in [2.05, 4.69) is 29.8 Å². The number of nitrogens with zero attached hydrogens (tertiary/aromatic N) is 2. The van der Waals surface area contributed by atoms with E-state index in [1.807, 2.05) is 12.3 Å². The highest BCUT2D eigenvalue weighted by Gasteiger charge is 2.08. The predicted molar refractivity (Wildman–Crippen MR) is 81.5 cm³/mol. The number of halogens is 1. The highest BCUT2D eigenvalue weighted by atomic mass is 35.5. The van der Waals surface area contributed by atoms with Gasteiger partial charge in [0.15, 0.2) is 0 Å². The number of rotatable bonds is 5. The second-order valence-electron chi connectivity index (χ2n) is 4.93. The van der Waals surface area contributed by atoms with Crippen LogP contribution in [0.1, 0.15) is 42.5 Å². The fourth-order valence-electron chi connectivity index (χ4n) is 2.20. The van der Waals surface area contributed by atoms with Gasteiger partial charge in [0.25, 0.3) is 0 Å². The van der Waals surface area contributed by atoms with Crippen LogP contribution in [0.15, 0.2) is 36.7 Å². The second-order valence-corrected chi connectivity index (χ2v) is 5.34. The van der Waals surface area contributed by atoms with Gasteiger partial charge in [0.2, 0.25) is 0 Å². The SMILES string of the molecule is CCCC(N)c1ccn(Cc2ccc(C#N)cc2Cl)c1. The van der Waals surface area contributed by atoms with E-state index in [4.69, 9.17) is 22.6 Å². The number of nitrogens with two attached hydrogens (primary N) is 1. The summed E-state index contributed by atoms with van der Waals surface area (Å²) in [6.45, 7) is 2.82. The number of nitriles is 1. The van der Waals surface area contributed by atoms with Gasteiger partial charge >= 0.3 is 0 Å². The van der Waals surface area contributed by atoms with Crippen LogP contribution in [0.25, 0.3) is 0 Å². The van der Waals surface area contributed by atoms with Gasteiger partial charge in [-0.2, -0.15) is 5.26 Å². The van der Waals surface area contributed by atoms with E-state index in [9.17, 15) is 0 Å². The van der Waals surface area contributed by atoms with Crippen LogP contribution in [0.4, 0.5) is 0 Å². The summed E-state index contributed by atoms with van der Waals surface area (Å²) in [6.07, 6.45) is 6.14. The molecule has 2 rings (SSSR count). The lowest BCUT2D eigenvalue weighted by molar-refractivity contribution is 0.636. The molecule has 0 saturated heterocycles. The van der Waals surface area contributed by atoms with Crippen molar-refractivity contribution in [2.45, 2.75) is 32.4 Å². The second kappa shape index (κ2) is 6.60. The molecule has 4 heteroatoms. The summed E-state index contributed by atoms with van der Waals surface area (Å²) in [5, 5.41) is 9.45. The summed E-state index contributed by atoms with van der Waals surface area (Å²) in [6, 6.07) is 9.61. The van der Waals surface area contributed by atoms with Gasteiger partial charge in [0, 0.05) is 30.0 Å². The fraction of sp³-hybridized carbons (Fsp3) is 0.312. The van der Waals surface area contributed by atoms with Crippen LogP contribution >= 0.6 is 11.6 Å². The normalized spacial score (nSPS) is 12.1. The van der Waals surface area contributed by atoms with Crippen molar-refractivity contribution in [2.75, 3.05) is 0 Å². The van der Waals surface area contributed by atoms with Crippen molar-refractivity contribution in [3.05, 3.63) is 58.4 Å². The van der Waals surface area contributed by atoms with E-state index >= 15 is 0 Å². The zero-order valence-electron chi connectivity index (χ0n) is 11.5.